The molecule has 1 aromatic carbocycles. The highest BCUT2D eigenvalue weighted by Crippen LogP contribution is 2.37. The average molecular weight is 531 g/mol. The Kier molecular flexibility index (Phi) is 6.18. The number of nitrogens with one attached hydrogen (secondary N) is 1. The van der Waals surface area contributed by atoms with Crippen molar-refractivity contribution in [2.45, 2.75) is 25.7 Å². The molecule has 2 saturated heterocycles. The number of carbonyl (C=O) groups excluding carboxylic acids is 2. The lowest BCUT2D eigenvalue weighted by Crippen LogP contribution is -2.55. The summed E-state index contributed by atoms with van der Waals surface area (Å²) in [5.41, 5.74) is 6.89. The van der Waals surface area contributed by atoms with Gasteiger partial charge in [-0.25, -0.2) is 14.4 Å². The van der Waals surface area contributed by atoms with E-state index in [1.165, 1.54) is 18.3 Å². The number of piperidine rings is 1. The number of anilines is 2. The first kappa shape index (κ1) is 24.9. The number of fused-ring (bicyclic) bond motifs is 1. The normalized spacial score (nSPS) is 18.5. The Balaban J connectivity index is 1.33. The molecule has 0 saturated carbocycles. The zero-order chi connectivity index (χ0) is 27.1. The van der Waals surface area contributed by atoms with Crippen LogP contribution in [0.25, 0.3) is 16.8 Å². The third-order valence-corrected chi connectivity index (χ3v) is 7.34. The van der Waals surface area contributed by atoms with Gasteiger partial charge in [-0.05, 0) is 50.1 Å². The Morgan fingerprint density at radius 1 is 1.23 bits per heavy atom. The van der Waals surface area contributed by atoms with Gasteiger partial charge in [0.1, 0.15) is 28.7 Å². The van der Waals surface area contributed by atoms with E-state index in [4.69, 9.17) is 15.5 Å². The van der Waals surface area contributed by atoms with E-state index < -0.39 is 17.1 Å². The summed E-state index contributed by atoms with van der Waals surface area (Å²) in [6, 6.07) is 7.40. The number of hydrogen-bond acceptors (Lipinski definition) is 8. The molecule has 12 heteroatoms. The van der Waals surface area contributed by atoms with Crippen LogP contribution in [0.4, 0.5) is 16.0 Å². The van der Waals surface area contributed by atoms with Crippen molar-refractivity contribution in [3.8, 4) is 11.3 Å². The number of amides is 2. The second-order valence-corrected chi connectivity index (χ2v) is 10.3. The summed E-state index contributed by atoms with van der Waals surface area (Å²) in [4.78, 5) is 36.8. The molecule has 4 aromatic rings. The third kappa shape index (κ3) is 4.46. The minimum atomic E-state index is -0.630. The molecule has 2 aliphatic rings. The predicted octanol–water partition coefficient (Wildman–Crippen LogP) is 2.90. The van der Waals surface area contributed by atoms with Crippen molar-refractivity contribution in [2.75, 3.05) is 37.4 Å². The molecule has 200 valence electrons. The van der Waals surface area contributed by atoms with Crippen molar-refractivity contribution in [3.05, 3.63) is 66.1 Å². The lowest BCUT2D eigenvalue weighted by Gasteiger charge is -2.42. The van der Waals surface area contributed by atoms with Crippen molar-refractivity contribution in [2.24, 2.45) is 5.41 Å². The number of benzene rings is 1. The molecule has 0 unspecified atom stereocenters. The first-order valence-corrected chi connectivity index (χ1v) is 12.7. The van der Waals surface area contributed by atoms with Crippen LogP contribution in [0.15, 0.2) is 48.9 Å². The molecule has 0 aliphatic carbocycles. The lowest BCUT2D eigenvalue weighted by atomic mass is 9.85. The van der Waals surface area contributed by atoms with Gasteiger partial charge in [0, 0.05) is 48.7 Å². The minimum Gasteiger partial charge on any atom is -0.382 e. The van der Waals surface area contributed by atoms with Gasteiger partial charge in [-0.3, -0.25) is 14.0 Å². The summed E-state index contributed by atoms with van der Waals surface area (Å²) in [6.07, 6.45) is 6.45. The molecule has 3 N–H and O–H groups in total. The predicted molar refractivity (Wildman–Crippen MR) is 140 cm³/mol. The Hall–Kier alpha value is -4.45. The maximum atomic E-state index is 15.5. The molecule has 6 rings (SSSR count). The smallest absolute Gasteiger partial charge is 0.256 e. The van der Waals surface area contributed by atoms with Crippen molar-refractivity contribution in [3.63, 3.8) is 0 Å². The van der Waals surface area contributed by atoms with Crippen LogP contribution in [-0.4, -0.2) is 67.6 Å². The Bertz CT molecular complexity index is 1570. The third-order valence-electron chi connectivity index (χ3n) is 7.34. The number of ether oxygens (including phenoxy) is 1. The summed E-state index contributed by atoms with van der Waals surface area (Å²) in [7, 11) is 0. The number of hydrogen-bond donors (Lipinski definition) is 2. The topological polar surface area (TPSA) is 141 Å². The Labute approximate surface area is 223 Å². The molecule has 5 heterocycles. The molecule has 3 aromatic heterocycles. The second-order valence-electron chi connectivity index (χ2n) is 10.3. The molecule has 0 bridgehead atoms. The van der Waals surface area contributed by atoms with Gasteiger partial charge in [0.15, 0.2) is 5.82 Å². The van der Waals surface area contributed by atoms with Gasteiger partial charge in [-0.15, -0.1) is 5.10 Å². The molecule has 2 fully saturated rings. The lowest BCUT2D eigenvalue weighted by molar-refractivity contribution is -0.169. The minimum absolute atomic E-state index is 0.0737. The highest BCUT2D eigenvalue weighted by molar-refractivity contribution is 6.04. The second kappa shape index (κ2) is 9.70. The number of halogens is 1. The van der Waals surface area contributed by atoms with Crippen LogP contribution in [0, 0.1) is 11.2 Å². The van der Waals surface area contributed by atoms with E-state index in [0.717, 1.165) is 18.9 Å². The van der Waals surface area contributed by atoms with E-state index in [9.17, 15) is 9.59 Å². The summed E-state index contributed by atoms with van der Waals surface area (Å²) < 4.78 is 22.6. The van der Waals surface area contributed by atoms with Crippen LogP contribution in [0.1, 0.15) is 41.9 Å². The number of aromatic nitrogens is 5. The monoisotopic (exact) mass is 530 g/mol. The molecule has 11 nitrogen and oxygen atoms in total. The van der Waals surface area contributed by atoms with Crippen LogP contribution < -0.4 is 11.1 Å². The van der Waals surface area contributed by atoms with Gasteiger partial charge in [-0.1, -0.05) is 0 Å². The van der Waals surface area contributed by atoms with E-state index in [0.29, 0.717) is 43.3 Å². The van der Waals surface area contributed by atoms with E-state index >= 15 is 4.39 Å². The van der Waals surface area contributed by atoms with Crippen LogP contribution in [0.2, 0.25) is 0 Å². The molecule has 1 atom stereocenters. The van der Waals surface area contributed by atoms with Gasteiger partial charge in [-0.2, -0.15) is 5.10 Å². The number of nitrogen functional groups attached to an aromatic ring is 1. The van der Waals surface area contributed by atoms with E-state index in [-0.39, 0.29) is 34.6 Å². The molecule has 2 amide bonds. The molecular weight excluding hydrogens is 503 g/mol. The van der Waals surface area contributed by atoms with E-state index in [1.54, 1.807) is 24.5 Å². The number of likely N-dealkylation sites (tertiary alicyclic amines) is 1. The zero-order valence-corrected chi connectivity index (χ0v) is 21.3. The fraction of sp³-hybridized carbons (Fsp3) is 0.333. The fourth-order valence-corrected chi connectivity index (χ4v) is 5.25. The largest absolute Gasteiger partial charge is 0.382 e. The van der Waals surface area contributed by atoms with Crippen LogP contribution in [0.3, 0.4) is 0 Å². The van der Waals surface area contributed by atoms with Crippen molar-refractivity contribution in [1.82, 2.24) is 29.5 Å². The number of carbonyl (C=O) groups is 2. The van der Waals surface area contributed by atoms with Gasteiger partial charge in [0.2, 0.25) is 5.91 Å². The molecular formula is C27H27FN8O3. The number of nitrogens with two attached hydrogens (primary N) is 1. The molecule has 39 heavy (non-hydrogen) atoms. The highest BCUT2D eigenvalue weighted by Gasteiger charge is 2.44. The van der Waals surface area contributed by atoms with Gasteiger partial charge in [0.05, 0.1) is 18.6 Å². The summed E-state index contributed by atoms with van der Waals surface area (Å²) in [5.74, 6) is 0.0143. The summed E-state index contributed by atoms with van der Waals surface area (Å²) in [5, 5.41) is 10.1. The molecule has 0 spiro atoms. The van der Waals surface area contributed by atoms with Crippen LogP contribution >= 0.6 is 0 Å². The summed E-state index contributed by atoms with van der Waals surface area (Å²) >= 11 is 0. The maximum absolute atomic E-state index is 15.5. The zero-order valence-electron chi connectivity index (χ0n) is 21.3. The van der Waals surface area contributed by atoms with Crippen LogP contribution in [-0.2, 0) is 9.53 Å². The molecule has 2 aliphatic heterocycles. The van der Waals surface area contributed by atoms with Gasteiger partial charge >= 0.3 is 0 Å². The maximum Gasteiger partial charge on any atom is 0.256 e. The standard InChI is InChI=1S/C27H27FN8O3/c1-27(14-39-15-27)26(38)35-10-3-4-17(13-35)24-33-21(22-23(29)30-9-11-36(22)24)18-7-6-16(12-19(18)28)25(37)32-20-5-2-8-31-34-20/h2,5-9,11-12,17H,3-4,10,13-15H2,1H3,(H2,29,30)(H,32,34,37)/t17-/m1/s1. The quantitative estimate of drug-likeness (QED) is 0.401. The Morgan fingerprint density at radius 3 is 2.79 bits per heavy atom. The van der Waals surface area contributed by atoms with E-state index in [1.807, 2.05) is 16.2 Å². The van der Waals surface area contributed by atoms with Crippen molar-refractivity contribution < 1.29 is 18.7 Å². The highest BCUT2D eigenvalue weighted by atomic mass is 19.1. The molecule has 0 radical (unpaired) electrons. The average Bonchev–Trinajstić information content (AvgIpc) is 3.32. The van der Waals surface area contributed by atoms with Crippen LogP contribution in [0.5, 0.6) is 0 Å². The first-order valence-electron chi connectivity index (χ1n) is 12.7. The summed E-state index contributed by atoms with van der Waals surface area (Å²) in [6.45, 7) is 3.96. The SMILES string of the molecule is CC1(C(=O)N2CCC[C@@H](c3nc(-c4ccc(C(=O)Nc5cccnn5)cc4F)c4c(N)nccn34)C2)COC1. The number of rotatable bonds is 5. The van der Waals surface area contributed by atoms with E-state index in [2.05, 4.69) is 20.5 Å². The van der Waals surface area contributed by atoms with Gasteiger partial charge in [0.25, 0.3) is 5.91 Å². The van der Waals surface area contributed by atoms with Crippen molar-refractivity contribution in [1.29, 1.82) is 0 Å². The first-order chi connectivity index (χ1) is 18.8. The Morgan fingerprint density at radius 2 is 2.08 bits per heavy atom. The fourth-order valence-electron chi connectivity index (χ4n) is 5.25. The number of nitrogens with zero attached hydrogens (tertiary/aromatic N) is 6. The number of imidazole rings is 1. The van der Waals surface area contributed by atoms with Gasteiger partial charge < -0.3 is 20.7 Å². The van der Waals surface area contributed by atoms with Crippen molar-refractivity contribution >= 4 is 29.0 Å².